The Bertz CT molecular complexity index is 510. The number of nitrogens with one attached hydrogen (secondary N) is 2. The molecule has 1 aliphatic rings. The second-order valence-electron chi connectivity index (χ2n) is 5.30. The summed E-state index contributed by atoms with van der Waals surface area (Å²) in [6.07, 6.45) is 0.978. The van der Waals surface area contributed by atoms with E-state index in [1.807, 2.05) is 0 Å². The monoisotopic (exact) mass is 278 g/mol. The van der Waals surface area contributed by atoms with Gasteiger partial charge in [0.15, 0.2) is 0 Å². The predicted molar refractivity (Wildman–Crippen MR) is 73.5 cm³/mol. The first-order chi connectivity index (χ1) is 9.47. The van der Waals surface area contributed by atoms with Crippen LogP contribution in [0.4, 0.5) is 4.39 Å². The summed E-state index contributed by atoms with van der Waals surface area (Å²) in [6.45, 7) is 4.20. The molecule has 0 spiro atoms. The van der Waals surface area contributed by atoms with E-state index in [4.69, 9.17) is 0 Å². The van der Waals surface area contributed by atoms with Gasteiger partial charge in [-0.15, -0.1) is 0 Å². The Morgan fingerprint density at radius 3 is 2.60 bits per heavy atom. The van der Waals surface area contributed by atoms with Gasteiger partial charge in [0, 0.05) is 19.5 Å². The number of carbonyl (C=O) groups excluding carboxylic acids is 2. The van der Waals surface area contributed by atoms with Crippen LogP contribution >= 0.6 is 0 Å². The van der Waals surface area contributed by atoms with E-state index in [0.29, 0.717) is 37.1 Å². The molecule has 2 amide bonds. The van der Waals surface area contributed by atoms with Crippen molar-refractivity contribution in [1.29, 1.82) is 0 Å². The number of carbonyl (C=O) groups is 2. The van der Waals surface area contributed by atoms with Crippen molar-refractivity contribution >= 4 is 11.8 Å². The highest BCUT2D eigenvalue weighted by molar-refractivity contribution is 5.83. The minimum absolute atomic E-state index is 0.00108. The standard InChI is InChI=1S/C15H19FN2O2/c1-9-5-11(6-10(2)14(9)16)7-18-15(20)12-3-4-13(19)17-8-12/h5-6,12H,3-4,7-8H2,1-2H3,(H,17,19)(H,18,20). The minimum atomic E-state index is -0.199. The summed E-state index contributed by atoms with van der Waals surface area (Å²) in [7, 11) is 0. The molecule has 1 aromatic rings. The smallest absolute Gasteiger partial charge is 0.225 e. The van der Waals surface area contributed by atoms with E-state index >= 15 is 0 Å². The van der Waals surface area contributed by atoms with Crippen LogP contribution in [-0.2, 0) is 16.1 Å². The number of halogens is 1. The van der Waals surface area contributed by atoms with Crippen molar-refractivity contribution in [3.05, 3.63) is 34.6 Å². The fourth-order valence-corrected chi connectivity index (χ4v) is 2.43. The van der Waals surface area contributed by atoms with Gasteiger partial charge in [0.05, 0.1) is 5.92 Å². The van der Waals surface area contributed by atoms with Crippen molar-refractivity contribution in [3.63, 3.8) is 0 Å². The summed E-state index contributed by atoms with van der Waals surface area (Å²) in [6, 6.07) is 3.48. The van der Waals surface area contributed by atoms with Gasteiger partial charge in [0.1, 0.15) is 5.82 Å². The summed E-state index contributed by atoms with van der Waals surface area (Å²) < 4.78 is 13.5. The zero-order chi connectivity index (χ0) is 14.7. The number of hydrogen-bond acceptors (Lipinski definition) is 2. The van der Waals surface area contributed by atoms with E-state index in [-0.39, 0.29) is 23.5 Å². The van der Waals surface area contributed by atoms with E-state index in [1.54, 1.807) is 26.0 Å². The van der Waals surface area contributed by atoms with E-state index in [0.717, 1.165) is 5.56 Å². The zero-order valence-electron chi connectivity index (χ0n) is 11.8. The molecule has 0 aromatic heterocycles. The van der Waals surface area contributed by atoms with Gasteiger partial charge in [-0.05, 0) is 37.0 Å². The fraction of sp³-hybridized carbons (Fsp3) is 0.467. The number of amides is 2. The number of benzene rings is 1. The lowest BCUT2D eigenvalue weighted by molar-refractivity contribution is -0.129. The van der Waals surface area contributed by atoms with Gasteiger partial charge in [0.25, 0.3) is 0 Å². The van der Waals surface area contributed by atoms with Crippen LogP contribution in [0.2, 0.25) is 0 Å². The second kappa shape index (κ2) is 6.03. The molecule has 1 unspecified atom stereocenters. The fourth-order valence-electron chi connectivity index (χ4n) is 2.43. The van der Waals surface area contributed by atoms with E-state index < -0.39 is 0 Å². The van der Waals surface area contributed by atoms with Gasteiger partial charge in [-0.25, -0.2) is 4.39 Å². The van der Waals surface area contributed by atoms with Crippen LogP contribution in [0.3, 0.4) is 0 Å². The molecule has 1 saturated heterocycles. The third-order valence-corrected chi connectivity index (χ3v) is 3.60. The van der Waals surface area contributed by atoms with Gasteiger partial charge >= 0.3 is 0 Å². The number of hydrogen-bond donors (Lipinski definition) is 2. The molecule has 2 N–H and O–H groups in total. The summed E-state index contributed by atoms with van der Waals surface area (Å²) in [5.41, 5.74) is 2.05. The van der Waals surface area contributed by atoms with Crippen molar-refractivity contribution in [2.45, 2.75) is 33.2 Å². The van der Waals surface area contributed by atoms with Crippen molar-refractivity contribution in [2.75, 3.05) is 6.54 Å². The van der Waals surface area contributed by atoms with Crippen LogP contribution in [0.15, 0.2) is 12.1 Å². The SMILES string of the molecule is Cc1cc(CNC(=O)C2CCC(=O)NC2)cc(C)c1F. The summed E-state index contributed by atoms with van der Waals surface area (Å²) >= 11 is 0. The van der Waals surface area contributed by atoms with Crippen LogP contribution in [0, 0.1) is 25.6 Å². The van der Waals surface area contributed by atoms with Crippen LogP contribution < -0.4 is 10.6 Å². The first kappa shape index (κ1) is 14.5. The van der Waals surface area contributed by atoms with Crippen LogP contribution in [0.25, 0.3) is 0 Å². The lowest BCUT2D eigenvalue weighted by Crippen LogP contribution is -2.42. The first-order valence-corrected chi connectivity index (χ1v) is 6.77. The highest BCUT2D eigenvalue weighted by Crippen LogP contribution is 2.15. The molecule has 0 radical (unpaired) electrons. The van der Waals surface area contributed by atoms with Gasteiger partial charge in [-0.2, -0.15) is 0 Å². The molecule has 2 rings (SSSR count). The maximum Gasteiger partial charge on any atom is 0.225 e. The van der Waals surface area contributed by atoms with E-state index in [1.165, 1.54) is 0 Å². The van der Waals surface area contributed by atoms with Crippen LogP contribution in [0.1, 0.15) is 29.5 Å². The maximum atomic E-state index is 13.5. The number of piperidine rings is 1. The average molecular weight is 278 g/mol. The molecule has 0 bridgehead atoms. The second-order valence-corrected chi connectivity index (χ2v) is 5.30. The lowest BCUT2D eigenvalue weighted by atomic mass is 9.98. The van der Waals surface area contributed by atoms with Gasteiger partial charge in [0.2, 0.25) is 11.8 Å². The molecular formula is C15H19FN2O2. The largest absolute Gasteiger partial charge is 0.355 e. The molecule has 0 aliphatic carbocycles. The van der Waals surface area contributed by atoms with Gasteiger partial charge in [-0.1, -0.05) is 12.1 Å². The first-order valence-electron chi connectivity index (χ1n) is 6.77. The molecule has 0 saturated carbocycles. The quantitative estimate of drug-likeness (QED) is 0.882. The van der Waals surface area contributed by atoms with Crippen LogP contribution in [0.5, 0.6) is 0 Å². The zero-order valence-corrected chi connectivity index (χ0v) is 11.8. The van der Waals surface area contributed by atoms with E-state index in [9.17, 15) is 14.0 Å². The highest BCUT2D eigenvalue weighted by atomic mass is 19.1. The van der Waals surface area contributed by atoms with E-state index in [2.05, 4.69) is 10.6 Å². The molecule has 20 heavy (non-hydrogen) atoms. The Balaban J connectivity index is 1.92. The maximum absolute atomic E-state index is 13.5. The third-order valence-electron chi connectivity index (χ3n) is 3.60. The molecule has 1 atom stereocenters. The summed E-state index contributed by atoms with van der Waals surface area (Å²) in [5, 5.41) is 5.53. The topological polar surface area (TPSA) is 58.2 Å². The molecule has 1 heterocycles. The highest BCUT2D eigenvalue weighted by Gasteiger charge is 2.24. The summed E-state index contributed by atoms with van der Waals surface area (Å²) in [4.78, 5) is 23.0. The van der Waals surface area contributed by atoms with Gasteiger partial charge in [-0.3, -0.25) is 9.59 Å². The normalized spacial score (nSPS) is 18.6. The number of rotatable bonds is 3. The molecule has 1 fully saturated rings. The average Bonchev–Trinajstić information content (AvgIpc) is 2.42. The molecule has 5 heteroatoms. The van der Waals surface area contributed by atoms with Gasteiger partial charge < -0.3 is 10.6 Å². The Labute approximate surface area is 117 Å². The summed E-state index contributed by atoms with van der Waals surface area (Å²) in [5.74, 6) is -0.436. The van der Waals surface area contributed by atoms with Crippen LogP contribution in [-0.4, -0.2) is 18.4 Å². The predicted octanol–water partition coefficient (Wildman–Crippen LogP) is 1.58. The van der Waals surface area contributed by atoms with Crippen molar-refractivity contribution in [1.82, 2.24) is 10.6 Å². The third kappa shape index (κ3) is 3.35. The lowest BCUT2D eigenvalue weighted by Gasteiger charge is -2.21. The Hall–Kier alpha value is -1.91. The molecule has 1 aliphatic heterocycles. The molecule has 108 valence electrons. The molecular weight excluding hydrogens is 259 g/mol. The molecule has 4 nitrogen and oxygen atoms in total. The minimum Gasteiger partial charge on any atom is -0.355 e. The van der Waals surface area contributed by atoms with Crippen molar-refractivity contribution in [3.8, 4) is 0 Å². The molecule has 1 aromatic carbocycles. The Morgan fingerprint density at radius 1 is 1.40 bits per heavy atom. The van der Waals surface area contributed by atoms with Crippen molar-refractivity contribution < 1.29 is 14.0 Å². The number of aryl methyl sites for hydroxylation is 2. The Morgan fingerprint density at radius 2 is 2.05 bits per heavy atom. The van der Waals surface area contributed by atoms with Crippen molar-refractivity contribution in [2.24, 2.45) is 5.92 Å². The Kier molecular flexibility index (Phi) is 4.37.